The van der Waals surface area contributed by atoms with E-state index in [9.17, 15) is 9.90 Å². The van der Waals surface area contributed by atoms with Crippen LogP contribution in [0.1, 0.15) is 25.0 Å². The third kappa shape index (κ3) is 6.16. The number of aromatic hydroxyl groups is 1. The number of phenols is 1. The zero-order chi connectivity index (χ0) is 17.4. The molecule has 2 aromatic rings. The maximum atomic E-state index is 11.9. The van der Waals surface area contributed by atoms with E-state index in [1.807, 2.05) is 50.2 Å². The van der Waals surface area contributed by atoms with E-state index in [4.69, 9.17) is 4.74 Å². The highest BCUT2D eigenvalue weighted by Gasteiger charge is 1.99. The molecular weight excluding hydrogens is 302 g/mol. The SMILES string of the molecule is CC(C)Oc1cccc(/C=C/C(=O)NCCc2ccc(O)cc2)c1. The summed E-state index contributed by atoms with van der Waals surface area (Å²) in [5.41, 5.74) is 1.98. The van der Waals surface area contributed by atoms with Gasteiger partial charge in [-0.1, -0.05) is 24.3 Å². The van der Waals surface area contributed by atoms with E-state index in [1.165, 1.54) is 6.08 Å². The summed E-state index contributed by atoms with van der Waals surface area (Å²) >= 11 is 0. The number of carbonyl (C=O) groups is 1. The van der Waals surface area contributed by atoms with Crippen LogP contribution in [0, 0.1) is 0 Å². The maximum absolute atomic E-state index is 11.9. The molecule has 126 valence electrons. The Labute approximate surface area is 142 Å². The molecule has 0 saturated heterocycles. The van der Waals surface area contributed by atoms with Crippen molar-refractivity contribution in [2.75, 3.05) is 6.54 Å². The monoisotopic (exact) mass is 325 g/mol. The van der Waals surface area contributed by atoms with Crippen LogP contribution in [-0.4, -0.2) is 23.7 Å². The van der Waals surface area contributed by atoms with Crippen LogP contribution >= 0.6 is 0 Å². The van der Waals surface area contributed by atoms with Crippen LogP contribution in [0.15, 0.2) is 54.6 Å². The lowest BCUT2D eigenvalue weighted by Gasteiger charge is -2.09. The second kappa shape index (κ2) is 8.77. The van der Waals surface area contributed by atoms with Crippen molar-refractivity contribution in [2.24, 2.45) is 0 Å². The van der Waals surface area contributed by atoms with Crippen LogP contribution in [0.25, 0.3) is 6.08 Å². The zero-order valence-corrected chi connectivity index (χ0v) is 14.0. The highest BCUT2D eigenvalue weighted by Crippen LogP contribution is 2.15. The number of hydrogen-bond donors (Lipinski definition) is 2. The van der Waals surface area contributed by atoms with Crippen molar-refractivity contribution in [3.63, 3.8) is 0 Å². The van der Waals surface area contributed by atoms with Crippen LogP contribution < -0.4 is 10.1 Å². The van der Waals surface area contributed by atoms with E-state index in [0.717, 1.165) is 23.3 Å². The molecule has 0 heterocycles. The minimum Gasteiger partial charge on any atom is -0.508 e. The van der Waals surface area contributed by atoms with Gasteiger partial charge in [0, 0.05) is 12.6 Å². The minimum atomic E-state index is -0.135. The molecule has 4 heteroatoms. The largest absolute Gasteiger partial charge is 0.508 e. The Morgan fingerprint density at radius 2 is 1.96 bits per heavy atom. The Hall–Kier alpha value is -2.75. The van der Waals surface area contributed by atoms with Gasteiger partial charge in [0.15, 0.2) is 0 Å². The molecule has 0 spiro atoms. The number of amides is 1. The average molecular weight is 325 g/mol. The molecule has 4 nitrogen and oxygen atoms in total. The number of ether oxygens (including phenoxy) is 1. The maximum Gasteiger partial charge on any atom is 0.244 e. The standard InChI is InChI=1S/C20H23NO3/c1-15(2)24-19-5-3-4-17(14-19)8-11-20(23)21-13-12-16-6-9-18(22)10-7-16/h3-11,14-15,22H,12-13H2,1-2H3,(H,21,23)/b11-8+. The molecule has 0 atom stereocenters. The molecule has 0 aliphatic carbocycles. The van der Waals surface area contributed by atoms with Gasteiger partial charge in [-0.05, 0) is 61.7 Å². The molecule has 0 fully saturated rings. The van der Waals surface area contributed by atoms with Gasteiger partial charge in [0.1, 0.15) is 11.5 Å². The Morgan fingerprint density at radius 1 is 1.21 bits per heavy atom. The van der Waals surface area contributed by atoms with E-state index in [1.54, 1.807) is 18.2 Å². The minimum absolute atomic E-state index is 0.118. The lowest BCUT2D eigenvalue weighted by molar-refractivity contribution is -0.116. The summed E-state index contributed by atoms with van der Waals surface area (Å²) in [6, 6.07) is 14.6. The first-order chi connectivity index (χ1) is 11.5. The summed E-state index contributed by atoms with van der Waals surface area (Å²) in [5, 5.41) is 12.1. The molecule has 2 rings (SSSR count). The molecular formula is C20H23NO3. The predicted octanol–water partition coefficient (Wildman–Crippen LogP) is 3.55. The molecule has 0 aliphatic heterocycles. The lowest BCUT2D eigenvalue weighted by Crippen LogP contribution is -2.23. The van der Waals surface area contributed by atoms with E-state index in [2.05, 4.69) is 5.32 Å². The Balaban J connectivity index is 1.81. The van der Waals surface area contributed by atoms with Gasteiger partial charge < -0.3 is 15.2 Å². The summed E-state index contributed by atoms with van der Waals surface area (Å²) in [6.45, 7) is 4.50. The number of hydrogen-bond acceptors (Lipinski definition) is 3. The van der Waals surface area contributed by atoms with Gasteiger partial charge in [0.05, 0.1) is 6.10 Å². The van der Waals surface area contributed by atoms with Gasteiger partial charge in [-0.25, -0.2) is 0 Å². The molecule has 0 aliphatic rings. The second-order valence-electron chi connectivity index (χ2n) is 5.78. The number of phenolic OH excluding ortho intramolecular Hbond substituents is 1. The highest BCUT2D eigenvalue weighted by molar-refractivity contribution is 5.91. The van der Waals surface area contributed by atoms with Crippen molar-refractivity contribution in [3.05, 3.63) is 65.7 Å². The number of carbonyl (C=O) groups excluding carboxylic acids is 1. The second-order valence-corrected chi connectivity index (χ2v) is 5.78. The van der Waals surface area contributed by atoms with E-state index >= 15 is 0 Å². The normalized spacial score (nSPS) is 11.0. The molecule has 2 N–H and O–H groups in total. The van der Waals surface area contributed by atoms with Crippen molar-refractivity contribution in [1.82, 2.24) is 5.32 Å². The van der Waals surface area contributed by atoms with Crippen molar-refractivity contribution < 1.29 is 14.6 Å². The molecule has 0 bridgehead atoms. The fourth-order valence-electron chi connectivity index (χ4n) is 2.19. The van der Waals surface area contributed by atoms with Crippen molar-refractivity contribution >= 4 is 12.0 Å². The summed E-state index contributed by atoms with van der Waals surface area (Å²) in [7, 11) is 0. The van der Waals surface area contributed by atoms with Gasteiger partial charge in [-0.3, -0.25) is 4.79 Å². The predicted molar refractivity (Wildman–Crippen MR) is 96.1 cm³/mol. The third-order valence-electron chi connectivity index (χ3n) is 3.31. The topological polar surface area (TPSA) is 58.6 Å². The quantitative estimate of drug-likeness (QED) is 0.765. The van der Waals surface area contributed by atoms with Crippen LogP contribution in [-0.2, 0) is 11.2 Å². The summed E-state index contributed by atoms with van der Waals surface area (Å²) < 4.78 is 5.63. The van der Waals surface area contributed by atoms with E-state index in [0.29, 0.717) is 6.54 Å². The Bertz CT molecular complexity index is 690. The fourth-order valence-corrected chi connectivity index (χ4v) is 2.19. The number of nitrogens with one attached hydrogen (secondary N) is 1. The first kappa shape index (κ1) is 17.6. The van der Waals surface area contributed by atoms with Gasteiger partial charge in [0.2, 0.25) is 5.91 Å². The number of rotatable bonds is 7. The van der Waals surface area contributed by atoms with Crippen molar-refractivity contribution in [1.29, 1.82) is 0 Å². The number of benzene rings is 2. The zero-order valence-electron chi connectivity index (χ0n) is 14.0. The van der Waals surface area contributed by atoms with Gasteiger partial charge >= 0.3 is 0 Å². The molecule has 0 unspecified atom stereocenters. The smallest absolute Gasteiger partial charge is 0.244 e. The lowest BCUT2D eigenvalue weighted by atomic mass is 10.1. The first-order valence-electron chi connectivity index (χ1n) is 8.03. The Kier molecular flexibility index (Phi) is 6.43. The molecule has 2 aromatic carbocycles. The molecule has 24 heavy (non-hydrogen) atoms. The molecule has 0 saturated carbocycles. The summed E-state index contributed by atoms with van der Waals surface area (Å²) in [6.07, 6.45) is 4.12. The van der Waals surface area contributed by atoms with E-state index in [-0.39, 0.29) is 17.8 Å². The fraction of sp³-hybridized carbons (Fsp3) is 0.250. The van der Waals surface area contributed by atoms with Gasteiger partial charge in [-0.15, -0.1) is 0 Å². The third-order valence-corrected chi connectivity index (χ3v) is 3.31. The Morgan fingerprint density at radius 3 is 2.67 bits per heavy atom. The highest BCUT2D eigenvalue weighted by atomic mass is 16.5. The van der Waals surface area contributed by atoms with Crippen molar-refractivity contribution in [3.8, 4) is 11.5 Å². The molecule has 0 aromatic heterocycles. The van der Waals surface area contributed by atoms with Crippen LogP contribution in [0.4, 0.5) is 0 Å². The van der Waals surface area contributed by atoms with Crippen molar-refractivity contribution in [2.45, 2.75) is 26.4 Å². The van der Waals surface area contributed by atoms with Crippen LogP contribution in [0.5, 0.6) is 11.5 Å². The van der Waals surface area contributed by atoms with Crippen LogP contribution in [0.3, 0.4) is 0 Å². The first-order valence-corrected chi connectivity index (χ1v) is 8.03. The summed E-state index contributed by atoms with van der Waals surface area (Å²) in [5.74, 6) is 0.901. The van der Waals surface area contributed by atoms with Crippen LogP contribution in [0.2, 0.25) is 0 Å². The van der Waals surface area contributed by atoms with E-state index < -0.39 is 0 Å². The molecule has 1 amide bonds. The summed E-state index contributed by atoms with van der Waals surface area (Å²) in [4.78, 5) is 11.9. The van der Waals surface area contributed by atoms with Gasteiger partial charge in [-0.2, -0.15) is 0 Å². The average Bonchev–Trinajstić information content (AvgIpc) is 2.54. The molecule has 0 radical (unpaired) electrons. The van der Waals surface area contributed by atoms with Gasteiger partial charge in [0.25, 0.3) is 0 Å².